The van der Waals surface area contributed by atoms with Crippen LogP contribution in [0.25, 0.3) is 0 Å². The molecular formula is C8H10O2. The SMILES string of the molecule is O[C@@H]1C[C@H]2[C@@H]1[C@@H]1C=C[C@H]2O1. The maximum Gasteiger partial charge on any atom is 0.0821 e. The Kier molecular flexibility index (Phi) is 0.778. The van der Waals surface area contributed by atoms with Crippen molar-refractivity contribution >= 4 is 0 Å². The topological polar surface area (TPSA) is 29.5 Å². The van der Waals surface area contributed by atoms with Crippen molar-refractivity contribution in [2.24, 2.45) is 11.8 Å². The van der Waals surface area contributed by atoms with E-state index in [9.17, 15) is 5.11 Å². The highest BCUT2D eigenvalue weighted by Crippen LogP contribution is 2.51. The summed E-state index contributed by atoms with van der Waals surface area (Å²) in [5.41, 5.74) is 0. The van der Waals surface area contributed by atoms with Crippen molar-refractivity contribution in [3.8, 4) is 0 Å². The summed E-state index contributed by atoms with van der Waals surface area (Å²) in [6.07, 6.45) is 5.70. The second-order valence-electron chi connectivity index (χ2n) is 3.49. The zero-order chi connectivity index (χ0) is 6.72. The fourth-order valence-corrected chi connectivity index (χ4v) is 2.45. The van der Waals surface area contributed by atoms with Crippen molar-refractivity contribution in [1.29, 1.82) is 0 Å². The molecule has 1 N–H and O–H groups in total. The highest BCUT2D eigenvalue weighted by molar-refractivity contribution is 5.20. The van der Waals surface area contributed by atoms with Crippen LogP contribution in [0.3, 0.4) is 0 Å². The number of fused-ring (bicyclic) bond motifs is 5. The lowest BCUT2D eigenvalue weighted by Crippen LogP contribution is -2.46. The van der Waals surface area contributed by atoms with Crippen molar-refractivity contribution in [3.63, 3.8) is 0 Å². The number of ether oxygens (including phenoxy) is 1. The van der Waals surface area contributed by atoms with Crippen LogP contribution in [0.2, 0.25) is 0 Å². The summed E-state index contributed by atoms with van der Waals surface area (Å²) in [6, 6.07) is 0. The molecule has 0 radical (unpaired) electrons. The molecule has 2 bridgehead atoms. The van der Waals surface area contributed by atoms with Crippen molar-refractivity contribution in [2.45, 2.75) is 24.7 Å². The van der Waals surface area contributed by atoms with E-state index in [2.05, 4.69) is 12.2 Å². The van der Waals surface area contributed by atoms with Crippen LogP contribution in [0, 0.1) is 11.8 Å². The molecule has 2 nitrogen and oxygen atoms in total. The van der Waals surface area contributed by atoms with Crippen LogP contribution in [0.4, 0.5) is 0 Å². The summed E-state index contributed by atoms with van der Waals surface area (Å²) in [6.45, 7) is 0. The van der Waals surface area contributed by atoms with E-state index in [-0.39, 0.29) is 12.2 Å². The zero-order valence-electron chi connectivity index (χ0n) is 5.60. The van der Waals surface area contributed by atoms with E-state index >= 15 is 0 Å². The molecule has 0 aromatic heterocycles. The third-order valence-corrected chi connectivity index (χ3v) is 3.06. The third-order valence-electron chi connectivity index (χ3n) is 3.06. The average molecular weight is 138 g/mol. The van der Waals surface area contributed by atoms with Gasteiger partial charge in [-0.2, -0.15) is 0 Å². The minimum atomic E-state index is -0.0788. The van der Waals surface area contributed by atoms with Gasteiger partial charge in [-0.3, -0.25) is 0 Å². The summed E-state index contributed by atoms with van der Waals surface area (Å²) < 4.78 is 5.56. The second-order valence-corrected chi connectivity index (χ2v) is 3.49. The Labute approximate surface area is 59.5 Å². The highest BCUT2D eigenvalue weighted by Gasteiger charge is 2.55. The molecule has 2 fully saturated rings. The Balaban J connectivity index is 1.96. The Hall–Kier alpha value is -0.340. The van der Waals surface area contributed by atoms with Gasteiger partial charge >= 0.3 is 0 Å². The average Bonchev–Trinajstić information content (AvgIpc) is 2.40. The maximum absolute atomic E-state index is 9.33. The Morgan fingerprint density at radius 2 is 2.10 bits per heavy atom. The second kappa shape index (κ2) is 1.46. The van der Waals surface area contributed by atoms with E-state index in [1.54, 1.807) is 0 Å². The monoisotopic (exact) mass is 138 g/mol. The molecule has 3 rings (SSSR count). The van der Waals surface area contributed by atoms with Gasteiger partial charge < -0.3 is 9.84 Å². The Bertz CT molecular complexity index is 199. The Morgan fingerprint density at radius 3 is 2.70 bits per heavy atom. The van der Waals surface area contributed by atoms with Gasteiger partial charge in [0.1, 0.15) is 0 Å². The van der Waals surface area contributed by atoms with E-state index in [0.717, 1.165) is 6.42 Å². The molecule has 10 heavy (non-hydrogen) atoms. The summed E-state index contributed by atoms with van der Waals surface area (Å²) in [7, 11) is 0. The third kappa shape index (κ3) is 0.414. The van der Waals surface area contributed by atoms with Crippen LogP contribution in [-0.2, 0) is 4.74 Å². The van der Waals surface area contributed by atoms with Crippen LogP contribution >= 0.6 is 0 Å². The number of rotatable bonds is 0. The first-order valence-electron chi connectivity index (χ1n) is 3.88. The molecule has 0 spiro atoms. The number of hydrogen-bond acceptors (Lipinski definition) is 2. The molecule has 0 unspecified atom stereocenters. The highest BCUT2D eigenvalue weighted by atomic mass is 16.5. The molecule has 2 heteroatoms. The van der Waals surface area contributed by atoms with Gasteiger partial charge in [0.05, 0.1) is 18.3 Å². The van der Waals surface area contributed by atoms with Gasteiger partial charge in [0.2, 0.25) is 0 Å². The lowest BCUT2D eigenvalue weighted by Gasteiger charge is -2.39. The van der Waals surface area contributed by atoms with E-state index in [0.29, 0.717) is 17.9 Å². The van der Waals surface area contributed by atoms with Gasteiger partial charge in [-0.25, -0.2) is 0 Å². The maximum atomic E-state index is 9.33. The largest absolute Gasteiger partial charge is 0.393 e. The van der Waals surface area contributed by atoms with Crippen molar-refractivity contribution < 1.29 is 9.84 Å². The van der Waals surface area contributed by atoms with Crippen LogP contribution < -0.4 is 0 Å². The Morgan fingerprint density at radius 1 is 1.30 bits per heavy atom. The van der Waals surface area contributed by atoms with Gasteiger partial charge in [-0.15, -0.1) is 0 Å². The van der Waals surface area contributed by atoms with Crippen LogP contribution in [0.15, 0.2) is 12.2 Å². The van der Waals surface area contributed by atoms with E-state index in [1.165, 1.54) is 0 Å². The van der Waals surface area contributed by atoms with Crippen LogP contribution in [-0.4, -0.2) is 23.4 Å². The first-order chi connectivity index (χ1) is 4.86. The molecule has 54 valence electrons. The molecule has 0 aromatic carbocycles. The van der Waals surface area contributed by atoms with Gasteiger partial charge in [0.25, 0.3) is 0 Å². The predicted molar refractivity (Wildman–Crippen MR) is 35.4 cm³/mol. The van der Waals surface area contributed by atoms with Crippen molar-refractivity contribution in [1.82, 2.24) is 0 Å². The molecule has 1 saturated carbocycles. The minimum absolute atomic E-state index is 0.0788. The standard InChI is InChI=1S/C8H10O2/c9-5-3-4-6-1-2-7(10-6)8(4)5/h1-2,4-9H,3H2/t4-,5-,6-,7+,8+/m1/s1. The zero-order valence-corrected chi connectivity index (χ0v) is 5.60. The van der Waals surface area contributed by atoms with Crippen molar-refractivity contribution in [2.75, 3.05) is 0 Å². The summed E-state index contributed by atoms with van der Waals surface area (Å²) in [5.74, 6) is 1.08. The van der Waals surface area contributed by atoms with Gasteiger partial charge in [-0.1, -0.05) is 12.2 Å². The minimum Gasteiger partial charge on any atom is -0.393 e. The molecule has 0 aromatic rings. The van der Waals surface area contributed by atoms with Crippen LogP contribution in [0.5, 0.6) is 0 Å². The molecule has 1 saturated heterocycles. The smallest absolute Gasteiger partial charge is 0.0821 e. The van der Waals surface area contributed by atoms with E-state index < -0.39 is 0 Å². The number of aliphatic hydroxyl groups is 1. The molecule has 0 amide bonds. The van der Waals surface area contributed by atoms with Gasteiger partial charge in [0.15, 0.2) is 0 Å². The predicted octanol–water partition coefficient (Wildman–Crippen LogP) is 0.321. The van der Waals surface area contributed by atoms with E-state index in [4.69, 9.17) is 4.74 Å². The molecule has 1 aliphatic carbocycles. The quantitative estimate of drug-likeness (QED) is 0.488. The van der Waals surface area contributed by atoms with Gasteiger partial charge in [0, 0.05) is 5.92 Å². The fraction of sp³-hybridized carbons (Fsp3) is 0.750. The van der Waals surface area contributed by atoms with E-state index in [1.807, 2.05) is 0 Å². The lowest BCUT2D eigenvalue weighted by atomic mass is 9.66. The molecule has 3 aliphatic rings. The normalized spacial score (nSPS) is 62.3. The van der Waals surface area contributed by atoms with Crippen LogP contribution in [0.1, 0.15) is 6.42 Å². The summed E-state index contributed by atoms with van der Waals surface area (Å²) in [5, 5.41) is 9.33. The summed E-state index contributed by atoms with van der Waals surface area (Å²) in [4.78, 5) is 0. The lowest BCUT2D eigenvalue weighted by molar-refractivity contribution is -0.0221. The number of aliphatic hydroxyl groups excluding tert-OH is 1. The number of hydrogen-bond donors (Lipinski definition) is 1. The first kappa shape index (κ1) is 5.33. The molecule has 5 atom stereocenters. The molecular weight excluding hydrogens is 128 g/mol. The molecule has 2 aliphatic heterocycles. The van der Waals surface area contributed by atoms with Crippen molar-refractivity contribution in [3.05, 3.63) is 12.2 Å². The summed E-state index contributed by atoms with van der Waals surface area (Å²) >= 11 is 0. The first-order valence-corrected chi connectivity index (χ1v) is 3.88. The fourth-order valence-electron chi connectivity index (χ4n) is 2.45. The van der Waals surface area contributed by atoms with Gasteiger partial charge in [-0.05, 0) is 12.3 Å². The molecule has 2 heterocycles.